The van der Waals surface area contributed by atoms with Crippen LogP contribution in [0, 0.1) is 0 Å². The van der Waals surface area contributed by atoms with Gasteiger partial charge in [-0.15, -0.1) is 0 Å². The Hall–Kier alpha value is -0.770. The number of hydrogen-bond donors (Lipinski definition) is 2. The molecule has 0 aliphatic rings. The zero-order valence-electron chi connectivity index (χ0n) is 8.76. The minimum atomic E-state index is -0.469. The number of ether oxygens (including phenoxy) is 1. The van der Waals surface area contributed by atoms with Gasteiger partial charge in [-0.2, -0.15) is 0 Å². The van der Waals surface area contributed by atoms with E-state index in [0.717, 1.165) is 0 Å². The average Bonchev–Trinajstić information content (AvgIpc) is 1.81. The maximum absolute atomic E-state index is 11.1. The molecule has 0 heterocycles. The van der Waals surface area contributed by atoms with E-state index in [4.69, 9.17) is 9.84 Å². The van der Waals surface area contributed by atoms with E-state index < -0.39 is 11.7 Å². The SMILES string of the molecule is C[C@@H](CCO)NC(=O)OC(C)(C)C. The lowest BCUT2D eigenvalue weighted by Gasteiger charge is -2.21. The molecule has 0 spiro atoms. The van der Waals surface area contributed by atoms with Crippen molar-refractivity contribution in [3.05, 3.63) is 0 Å². The molecule has 0 aliphatic carbocycles. The molecule has 0 aromatic rings. The van der Waals surface area contributed by atoms with Crippen LogP contribution in [-0.4, -0.2) is 29.4 Å². The summed E-state index contributed by atoms with van der Waals surface area (Å²) in [7, 11) is 0. The number of carbonyl (C=O) groups is 1. The first-order chi connectivity index (χ1) is 5.85. The fourth-order valence-electron chi connectivity index (χ4n) is 0.775. The van der Waals surface area contributed by atoms with Crippen molar-refractivity contribution in [3.63, 3.8) is 0 Å². The van der Waals surface area contributed by atoms with Crippen molar-refractivity contribution in [2.75, 3.05) is 6.61 Å². The number of hydrogen-bond acceptors (Lipinski definition) is 3. The minimum absolute atomic E-state index is 0.0557. The summed E-state index contributed by atoms with van der Waals surface area (Å²) in [5, 5.41) is 11.2. The van der Waals surface area contributed by atoms with Crippen molar-refractivity contribution in [2.45, 2.75) is 45.8 Å². The van der Waals surface area contributed by atoms with Crippen LogP contribution in [0.5, 0.6) is 0 Å². The van der Waals surface area contributed by atoms with Gasteiger partial charge in [0.2, 0.25) is 0 Å². The summed E-state index contributed by atoms with van der Waals surface area (Å²) >= 11 is 0. The molecule has 0 bridgehead atoms. The van der Waals surface area contributed by atoms with Crippen LogP contribution in [0.1, 0.15) is 34.1 Å². The summed E-state index contributed by atoms with van der Waals surface area (Å²) in [5.41, 5.74) is -0.469. The Morgan fingerprint density at radius 2 is 2.08 bits per heavy atom. The molecule has 0 aromatic carbocycles. The molecule has 4 nitrogen and oxygen atoms in total. The van der Waals surface area contributed by atoms with Gasteiger partial charge < -0.3 is 15.2 Å². The van der Waals surface area contributed by atoms with Crippen LogP contribution in [0.3, 0.4) is 0 Å². The summed E-state index contributed by atoms with van der Waals surface area (Å²) < 4.78 is 5.02. The van der Waals surface area contributed by atoms with Gasteiger partial charge in [-0.1, -0.05) is 0 Å². The number of rotatable bonds is 3. The highest BCUT2D eigenvalue weighted by atomic mass is 16.6. The molecular formula is C9H19NO3. The predicted molar refractivity (Wildman–Crippen MR) is 50.5 cm³/mol. The first-order valence-corrected chi connectivity index (χ1v) is 4.45. The summed E-state index contributed by atoms with van der Waals surface area (Å²) in [6, 6.07) is -0.0557. The smallest absolute Gasteiger partial charge is 0.407 e. The maximum Gasteiger partial charge on any atom is 0.407 e. The molecular weight excluding hydrogens is 170 g/mol. The molecule has 0 fully saturated rings. The molecule has 13 heavy (non-hydrogen) atoms. The largest absolute Gasteiger partial charge is 0.444 e. The summed E-state index contributed by atoms with van der Waals surface area (Å²) in [6.07, 6.45) is 0.104. The number of nitrogens with one attached hydrogen (secondary N) is 1. The summed E-state index contributed by atoms with van der Waals surface area (Å²) in [4.78, 5) is 11.1. The lowest BCUT2D eigenvalue weighted by Crippen LogP contribution is -2.38. The van der Waals surface area contributed by atoms with Crippen molar-refractivity contribution in [2.24, 2.45) is 0 Å². The molecule has 78 valence electrons. The number of carbonyl (C=O) groups excluding carboxylic acids is 1. The van der Waals surface area contributed by atoms with Crippen molar-refractivity contribution in [3.8, 4) is 0 Å². The summed E-state index contributed by atoms with van der Waals surface area (Å²) in [6.45, 7) is 7.31. The monoisotopic (exact) mass is 189 g/mol. The first-order valence-electron chi connectivity index (χ1n) is 4.45. The molecule has 0 rings (SSSR count). The van der Waals surface area contributed by atoms with E-state index in [9.17, 15) is 4.79 Å². The number of amides is 1. The normalized spacial score (nSPS) is 13.6. The highest BCUT2D eigenvalue weighted by Gasteiger charge is 2.17. The lowest BCUT2D eigenvalue weighted by atomic mass is 10.2. The van der Waals surface area contributed by atoms with Crippen molar-refractivity contribution < 1.29 is 14.6 Å². The number of aliphatic hydroxyl groups excluding tert-OH is 1. The lowest BCUT2D eigenvalue weighted by molar-refractivity contribution is 0.0502. The van der Waals surface area contributed by atoms with Gasteiger partial charge in [0.15, 0.2) is 0 Å². The van der Waals surface area contributed by atoms with E-state index in [1.807, 2.05) is 27.7 Å². The highest BCUT2D eigenvalue weighted by Crippen LogP contribution is 2.06. The van der Waals surface area contributed by atoms with Crippen LogP contribution in [0.25, 0.3) is 0 Å². The third-order valence-electron chi connectivity index (χ3n) is 1.33. The molecule has 0 radical (unpaired) electrons. The fraction of sp³-hybridized carbons (Fsp3) is 0.889. The van der Waals surface area contributed by atoms with Crippen LogP contribution in [0.2, 0.25) is 0 Å². The van der Waals surface area contributed by atoms with Crippen LogP contribution in [0.15, 0.2) is 0 Å². The van der Waals surface area contributed by atoms with Crippen molar-refractivity contribution in [1.82, 2.24) is 5.32 Å². The van der Waals surface area contributed by atoms with Crippen LogP contribution in [0.4, 0.5) is 4.79 Å². The van der Waals surface area contributed by atoms with Crippen molar-refractivity contribution in [1.29, 1.82) is 0 Å². The molecule has 0 aromatic heterocycles. The van der Waals surface area contributed by atoms with E-state index >= 15 is 0 Å². The van der Waals surface area contributed by atoms with E-state index in [-0.39, 0.29) is 12.6 Å². The maximum atomic E-state index is 11.1. The van der Waals surface area contributed by atoms with Crippen LogP contribution >= 0.6 is 0 Å². The van der Waals surface area contributed by atoms with Gasteiger partial charge >= 0.3 is 6.09 Å². The molecule has 1 amide bonds. The molecule has 4 heteroatoms. The first kappa shape index (κ1) is 12.2. The summed E-state index contributed by atoms with van der Waals surface area (Å²) in [5.74, 6) is 0. The zero-order valence-corrected chi connectivity index (χ0v) is 8.76. The van der Waals surface area contributed by atoms with Gasteiger partial charge in [0.05, 0.1) is 0 Å². The quantitative estimate of drug-likeness (QED) is 0.703. The fourth-order valence-corrected chi connectivity index (χ4v) is 0.775. The Bertz CT molecular complexity index is 163. The van der Waals surface area contributed by atoms with E-state index in [1.165, 1.54) is 0 Å². The molecule has 0 aliphatic heterocycles. The zero-order chi connectivity index (χ0) is 10.5. The van der Waals surface area contributed by atoms with Gasteiger partial charge in [-0.25, -0.2) is 4.79 Å². The molecule has 1 atom stereocenters. The molecule has 0 saturated heterocycles. The number of aliphatic hydroxyl groups is 1. The van der Waals surface area contributed by atoms with Gasteiger partial charge in [0, 0.05) is 12.6 Å². The van der Waals surface area contributed by atoms with E-state index in [0.29, 0.717) is 6.42 Å². The molecule has 0 saturated carbocycles. The van der Waals surface area contributed by atoms with E-state index in [2.05, 4.69) is 5.32 Å². The second-order valence-electron chi connectivity index (χ2n) is 4.06. The molecule has 0 unspecified atom stereocenters. The third kappa shape index (κ3) is 7.59. The topological polar surface area (TPSA) is 58.6 Å². The van der Waals surface area contributed by atoms with Gasteiger partial charge in [0.1, 0.15) is 5.60 Å². The van der Waals surface area contributed by atoms with Gasteiger partial charge in [-0.3, -0.25) is 0 Å². The Morgan fingerprint density at radius 1 is 1.54 bits per heavy atom. The average molecular weight is 189 g/mol. The highest BCUT2D eigenvalue weighted by molar-refractivity contribution is 5.67. The Labute approximate surface area is 79.3 Å². The van der Waals surface area contributed by atoms with Crippen LogP contribution in [-0.2, 0) is 4.74 Å². The standard InChI is InChI=1S/C9H19NO3/c1-7(5-6-11)10-8(12)13-9(2,3)4/h7,11H,5-6H2,1-4H3,(H,10,12)/t7-/m0/s1. The Balaban J connectivity index is 3.74. The van der Waals surface area contributed by atoms with Gasteiger partial charge in [-0.05, 0) is 34.1 Å². The van der Waals surface area contributed by atoms with Gasteiger partial charge in [0.25, 0.3) is 0 Å². The van der Waals surface area contributed by atoms with E-state index in [1.54, 1.807) is 0 Å². The number of alkyl carbamates (subject to hydrolysis) is 1. The third-order valence-corrected chi connectivity index (χ3v) is 1.33. The Morgan fingerprint density at radius 3 is 2.46 bits per heavy atom. The second kappa shape index (κ2) is 5.07. The van der Waals surface area contributed by atoms with Crippen molar-refractivity contribution >= 4 is 6.09 Å². The second-order valence-corrected chi connectivity index (χ2v) is 4.06. The minimum Gasteiger partial charge on any atom is -0.444 e. The predicted octanol–water partition coefficient (Wildman–Crippen LogP) is 1.28. The molecule has 2 N–H and O–H groups in total. The Kier molecular flexibility index (Phi) is 4.77. The van der Waals surface area contributed by atoms with Crippen LogP contribution < -0.4 is 5.32 Å².